The maximum absolute atomic E-state index is 13.5. The van der Waals surface area contributed by atoms with Crippen LogP contribution in [-0.2, 0) is 25.3 Å². The van der Waals surface area contributed by atoms with Gasteiger partial charge in [0.15, 0.2) is 0 Å². The molecular formula is C25H19F4N3O4. The minimum atomic E-state index is -4.86. The van der Waals surface area contributed by atoms with Gasteiger partial charge in [0.25, 0.3) is 0 Å². The van der Waals surface area contributed by atoms with E-state index in [1.165, 1.54) is 30.3 Å². The normalized spacial score (nSPS) is 28.8. The van der Waals surface area contributed by atoms with E-state index in [-0.39, 0.29) is 12.1 Å². The summed E-state index contributed by atoms with van der Waals surface area (Å²) in [7, 11) is 0. The number of hydrogen-bond donors (Lipinski definition) is 1. The molecule has 0 aliphatic carbocycles. The van der Waals surface area contributed by atoms with Gasteiger partial charge in [0.2, 0.25) is 17.7 Å². The molecule has 3 amide bonds. The number of rotatable bonds is 4. The first kappa shape index (κ1) is 23.9. The number of halogens is 4. The lowest BCUT2D eigenvalue weighted by Gasteiger charge is -2.30. The molecule has 2 aromatic rings. The summed E-state index contributed by atoms with van der Waals surface area (Å²) in [5, 5.41) is 11.7. The first-order chi connectivity index (χ1) is 16.9. The highest BCUT2D eigenvalue weighted by Gasteiger charge is 2.74. The highest BCUT2D eigenvalue weighted by atomic mass is 19.4. The Morgan fingerprint density at radius 1 is 1.14 bits per heavy atom. The molecule has 2 aromatic carbocycles. The summed E-state index contributed by atoms with van der Waals surface area (Å²) in [4.78, 5) is 40.5. The van der Waals surface area contributed by atoms with Gasteiger partial charge in [-0.05, 0) is 62.2 Å². The topological polar surface area (TPSA) is 99.5 Å². The Bertz CT molecular complexity index is 1340. The third-order valence-electron chi connectivity index (χ3n) is 7.29. The van der Waals surface area contributed by atoms with Crippen LogP contribution in [0.5, 0.6) is 0 Å². The van der Waals surface area contributed by atoms with Gasteiger partial charge in [0, 0.05) is 5.69 Å². The fourth-order valence-electron chi connectivity index (χ4n) is 5.78. The molecule has 5 rings (SSSR count). The smallest absolute Gasteiger partial charge is 0.367 e. The van der Waals surface area contributed by atoms with Gasteiger partial charge in [0.1, 0.15) is 5.82 Å². The Hall–Kier alpha value is -3.78. The average molecular weight is 501 g/mol. The monoisotopic (exact) mass is 501 g/mol. The first-order valence-corrected chi connectivity index (χ1v) is 11.1. The van der Waals surface area contributed by atoms with Gasteiger partial charge in [-0.3, -0.25) is 14.4 Å². The minimum Gasteiger partial charge on any atom is -0.367 e. The Balaban J connectivity index is 1.47. The molecule has 2 unspecified atom stereocenters. The average Bonchev–Trinajstić information content (AvgIpc) is 3.38. The molecule has 3 aliphatic rings. The molecule has 0 spiro atoms. The van der Waals surface area contributed by atoms with Crippen molar-refractivity contribution < 1.29 is 36.7 Å². The summed E-state index contributed by atoms with van der Waals surface area (Å²) in [6, 6.07) is 9.23. The largest absolute Gasteiger partial charge is 0.417 e. The molecule has 2 bridgehead atoms. The number of benzene rings is 2. The third-order valence-corrected chi connectivity index (χ3v) is 7.29. The molecule has 3 heterocycles. The number of imide groups is 1. The lowest BCUT2D eigenvalue weighted by Crippen LogP contribution is -2.44. The molecule has 0 aromatic heterocycles. The number of nitriles is 1. The van der Waals surface area contributed by atoms with Gasteiger partial charge in [-0.1, -0.05) is 0 Å². The number of amides is 3. The van der Waals surface area contributed by atoms with Crippen LogP contribution in [0, 0.1) is 29.0 Å². The number of hydrogen-bond acceptors (Lipinski definition) is 5. The Morgan fingerprint density at radius 2 is 1.81 bits per heavy atom. The molecule has 3 fully saturated rings. The summed E-state index contributed by atoms with van der Waals surface area (Å²) in [5.41, 5.74) is -4.22. The summed E-state index contributed by atoms with van der Waals surface area (Å²) >= 11 is 0. The van der Waals surface area contributed by atoms with Crippen molar-refractivity contribution >= 4 is 29.1 Å². The zero-order chi connectivity index (χ0) is 26.0. The summed E-state index contributed by atoms with van der Waals surface area (Å²) < 4.78 is 59.8. The van der Waals surface area contributed by atoms with Gasteiger partial charge in [0.05, 0.1) is 52.3 Å². The van der Waals surface area contributed by atoms with Crippen molar-refractivity contribution in [1.29, 1.82) is 5.26 Å². The predicted octanol–water partition coefficient (Wildman–Crippen LogP) is 4.17. The van der Waals surface area contributed by atoms with E-state index in [0.29, 0.717) is 29.5 Å². The predicted molar refractivity (Wildman–Crippen MR) is 117 cm³/mol. The van der Waals surface area contributed by atoms with Crippen LogP contribution in [0.1, 0.15) is 37.3 Å². The molecule has 3 saturated heterocycles. The quantitative estimate of drug-likeness (QED) is 0.501. The molecular weight excluding hydrogens is 482 g/mol. The fourth-order valence-corrected chi connectivity index (χ4v) is 5.78. The number of ether oxygens (including phenoxy) is 1. The number of alkyl halides is 3. The van der Waals surface area contributed by atoms with Crippen LogP contribution in [0.2, 0.25) is 0 Å². The van der Waals surface area contributed by atoms with Crippen LogP contribution in [0.25, 0.3) is 0 Å². The highest BCUT2D eigenvalue weighted by molar-refractivity contribution is 6.23. The van der Waals surface area contributed by atoms with Crippen LogP contribution >= 0.6 is 0 Å². The molecule has 11 heteroatoms. The van der Waals surface area contributed by atoms with Gasteiger partial charge < -0.3 is 10.1 Å². The van der Waals surface area contributed by atoms with Gasteiger partial charge in [-0.25, -0.2) is 9.29 Å². The number of carbonyl (C=O) groups is 3. The Labute approximate surface area is 202 Å². The molecule has 0 saturated carbocycles. The Morgan fingerprint density at radius 3 is 2.44 bits per heavy atom. The zero-order valence-corrected chi connectivity index (χ0v) is 18.9. The second-order valence-corrected chi connectivity index (χ2v) is 9.52. The van der Waals surface area contributed by atoms with Crippen molar-refractivity contribution in [1.82, 2.24) is 0 Å². The minimum absolute atomic E-state index is 0.269. The number of nitrogens with zero attached hydrogens (tertiary/aromatic N) is 2. The van der Waals surface area contributed by atoms with Gasteiger partial charge >= 0.3 is 6.18 Å². The molecule has 7 nitrogen and oxygen atoms in total. The summed E-state index contributed by atoms with van der Waals surface area (Å²) in [5.74, 6) is -4.48. The van der Waals surface area contributed by atoms with E-state index in [1.54, 1.807) is 6.92 Å². The third kappa shape index (κ3) is 3.55. The van der Waals surface area contributed by atoms with Crippen LogP contribution in [0.15, 0.2) is 42.5 Å². The molecule has 36 heavy (non-hydrogen) atoms. The van der Waals surface area contributed by atoms with Crippen LogP contribution in [0.4, 0.5) is 28.9 Å². The molecule has 0 radical (unpaired) electrons. The maximum Gasteiger partial charge on any atom is 0.417 e. The van der Waals surface area contributed by atoms with Gasteiger partial charge in [-0.15, -0.1) is 0 Å². The summed E-state index contributed by atoms with van der Waals surface area (Å²) in [6.07, 6.45) is -4.45. The second kappa shape index (κ2) is 7.86. The van der Waals surface area contributed by atoms with E-state index < -0.39 is 63.9 Å². The van der Waals surface area contributed by atoms with Crippen LogP contribution in [-0.4, -0.2) is 28.9 Å². The number of nitrogens with one attached hydrogen (secondary N) is 1. The number of carbonyl (C=O) groups excluding carboxylic acids is 3. The molecule has 4 atom stereocenters. The number of anilines is 2. The fraction of sp³-hybridized carbons (Fsp3) is 0.360. The van der Waals surface area contributed by atoms with Crippen molar-refractivity contribution in [2.45, 2.75) is 43.6 Å². The molecule has 1 N–H and O–H groups in total. The van der Waals surface area contributed by atoms with Crippen molar-refractivity contribution in [3.8, 4) is 6.07 Å². The second-order valence-electron chi connectivity index (χ2n) is 9.52. The number of fused-ring (bicyclic) bond motifs is 5. The highest BCUT2D eigenvalue weighted by Crippen LogP contribution is 2.62. The SMILES string of the molecule is CC12CCC(CC(=O)Nc3ccc(F)cc3)(O1)[C@@H]1C(=O)N(c3ccc(C#N)c(C(F)(F)F)c3)C(=O)[C@@H]12. The standard InChI is InChI=1S/C25H19F4N3O4/c1-23-8-9-24(36-23,11-18(33)31-15-5-3-14(26)4-6-15)20-19(23)21(34)32(22(20)35)16-7-2-13(12-30)17(10-16)25(27,28)29/h2-7,10,19-20H,8-9,11H2,1H3,(H,31,33)/t19-,20+,23?,24?/m1/s1. The van der Waals surface area contributed by atoms with E-state index in [1.807, 2.05) is 0 Å². The molecule has 3 aliphatic heterocycles. The lowest BCUT2D eigenvalue weighted by molar-refractivity contribution is -0.138. The van der Waals surface area contributed by atoms with Crippen molar-refractivity contribution in [3.05, 3.63) is 59.4 Å². The van der Waals surface area contributed by atoms with E-state index in [9.17, 15) is 31.9 Å². The Kier molecular flexibility index (Phi) is 5.23. The first-order valence-electron chi connectivity index (χ1n) is 11.1. The van der Waals surface area contributed by atoms with E-state index in [2.05, 4.69) is 5.32 Å². The zero-order valence-electron chi connectivity index (χ0n) is 18.9. The van der Waals surface area contributed by atoms with E-state index in [4.69, 9.17) is 10.00 Å². The summed E-state index contributed by atoms with van der Waals surface area (Å²) in [6.45, 7) is 1.66. The van der Waals surface area contributed by atoms with Gasteiger partial charge in [-0.2, -0.15) is 18.4 Å². The van der Waals surface area contributed by atoms with Crippen molar-refractivity contribution in [2.24, 2.45) is 11.8 Å². The van der Waals surface area contributed by atoms with Crippen molar-refractivity contribution in [2.75, 3.05) is 10.2 Å². The van der Waals surface area contributed by atoms with Crippen LogP contribution in [0.3, 0.4) is 0 Å². The lowest BCUT2D eigenvalue weighted by atomic mass is 9.67. The van der Waals surface area contributed by atoms with E-state index >= 15 is 0 Å². The van der Waals surface area contributed by atoms with E-state index in [0.717, 1.165) is 12.1 Å². The van der Waals surface area contributed by atoms with Crippen LogP contribution < -0.4 is 10.2 Å². The molecule has 186 valence electrons. The van der Waals surface area contributed by atoms with Crippen molar-refractivity contribution in [3.63, 3.8) is 0 Å². The maximum atomic E-state index is 13.5.